The number of halogens is 1. The lowest BCUT2D eigenvalue weighted by atomic mass is 10.1. The number of nitrogens with zero attached hydrogens (tertiary/aromatic N) is 5. The molecule has 4 rings (SSSR count). The van der Waals surface area contributed by atoms with E-state index in [1.165, 1.54) is 11.1 Å². The van der Waals surface area contributed by atoms with Gasteiger partial charge >= 0.3 is 0 Å². The van der Waals surface area contributed by atoms with Crippen molar-refractivity contribution in [2.24, 2.45) is 4.99 Å². The summed E-state index contributed by atoms with van der Waals surface area (Å²) in [6.07, 6.45) is 1.97. The Kier molecular flexibility index (Phi) is 9.04. The van der Waals surface area contributed by atoms with Crippen molar-refractivity contribution in [2.75, 3.05) is 32.8 Å². The molecule has 0 radical (unpaired) electrons. The van der Waals surface area contributed by atoms with Crippen LogP contribution in [0.25, 0.3) is 5.65 Å². The Balaban J connectivity index is 0.00000272. The predicted molar refractivity (Wildman–Crippen MR) is 133 cm³/mol. The van der Waals surface area contributed by atoms with Crippen molar-refractivity contribution in [1.82, 2.24) is 30.1 Å². The molecule has 3 heterocycles. The van der Waals surface area contributed by atoms with E-state index >= 15 is 0 Å². The van der Waals surface area contributed by atoms with Gasteiger partial charge in [-0.1, -0.05) is 30.3 Å². The lowest BCUT2D eigenvalue weighted by Gasteiger charge is -2.26. The van der Waals surface area contributed by atoms with Gasteiger partial charge in [0, 0.05) is 32.4 Å². The fourth-order valence-electron chi connectivity index (χ4n) is 3.53. The van der Waals surface area contributed by atoms with E-state index in [1.54, 1.807) is 0 Å². The molecule has 3 aromatic rings. The van der Waals surface area contributed by atoms with Crippen LogP contribution >= 0.6 is 24.0 Å². The lowest BCUT2D eigenvalue weighted by molar-refractivity contribution is 0.0342. The van der Waals surface area contributed by atoms with Crippen LogP contribution in [0.2, 0.25) is 0 Å². The quantitative estimate of drug-likeness (QED) is 0.275. The molecule has 166 valence electrons. The van der Waals surface area contributed by atoms with E-state index in [4.69, 9.17) is 9.73 Å². The van der Waals surface area contributed by atoms with Crippen LogP contribution in [0.3, 0.4) is 0 Å². The van der Waals surface area contributed by atoms with Gasteiger partial charge in [-0.3, -0.25) is 9.30 Å². The first-order valence-electron chi connectivity index (χ1n) is 10.5. The van der Waals surface area contributed by atoms with Gasteiger partial charge in [-0.05, 0) is 30.2 Å². The summed E-state index contributed by atoms with van der Waals surface area (Å²) in [6, 6.07) is 14.5. The minimum Gasteiger partial charge on any atom is -0.379 e. The third-order valence-electron chi connectivity index (χ3n) is 5.06. The maximum Gasteiger partial charge on any atom is 0.191 e. The number of morpholine rings is 1. The number of benzene rings is 1. The molecular weight excluding hydrogens is 505 g/mol. The third kappa shape index (κ3) is 6.62. The normalized spacial score (nSPS) is 14.9. The maximum atomic E-state index is 5.44. The topological polar surface area (TPSA) is 79.1 Å². The van der Waals surface area contributed by atoms with Crippen LogP contribution in [0.15, 0.2) is 53.7 Å². The zero-order valence-corrected chi connectivity index (χ0v) is 20.2. The molecule has 1 aliphatic rings. The Hall–Kier alpha value is -2.24. The number of rotatable bonds is 7. The molecule has 9 heteroatoms. The second kappa shape index (κ2) is 12.0. The van der Waals surface area contributed by atoms with Gasteiger partial charge in [-0.2, -0.15) is 0 Å². The molecule has 0 unspecified atom stereocenters. The van der Waals surface area contributed by atoms with Gasteiger partial charge in [0.15, 0.2) is 17.4 Å². The van der Waals surface area contributed by atoms with Gasteiger partial charge in [-0.15, -0.1) is 34.2 Å². The summed E-state index contributed by atoms with van der Waals surface area (Å²) in [6.45, 7) is 8.62. The summed E-state index contributed by atoms with van der Waals surface area (Å²) in [5, 5.41) is 15.1. The van der Waals surface area contributed by atoms with Crippen molar-refractivity contribution < 1.29 is 4.74 Å². The minimum atomic E-state index is 0. The molecule has 2 N–H and O–H groups in total. The fourth-order valence-corrected chi connectivity index (χ4v) is 3.53. The van der Waals surface area contributed by atoms with E-state index in [1.807, 2.05) is 28.8 Å². The SMILES string of the molecule is CCNC(=NCc1cccc(CN2CCOCC2)c1)NCc1nnc2ccccn12.I. The van der Waals surface area contributed by atoms with Gasteiger partial charge < -0.3 is 15.4 Å². The van der Waals surface area contributed by atoms with Gasteiger partial charge in [0.1, 0.15) is 0 Å². The first-order chi connectivity index (χ1) is 14.8. The van der Waals surface area contributed by atoms with Gasteiger partial charge in [-0.25, -0.2) is 4.99 Å². The largest absolute Gasteiger partial charge is 0.379 e. The number of nitrogens with one attached hydrogen (secondary N) is 2. The van der Waals surface area contributed by atoms with E-state index in [0.29, 0.717) is 13.1 Å². The second-order valence-electron chi connectivity index (χ2n) is 7.30. The van der Waals surface area contributed by atoms with Crippen molar-refractivity contribution >= 4 is 35.6 Å². The van der Waals surface area contributed by atoms with Crippen LogP contribution in [0, 0.1) is 0 Å². The Labute approximate surface area is 200 Å². The molecule has 0 bridgehead atoms. The van der Waals surface area contributed by atoms with E-state index in [2.05, 4.69) is 56.9 Å². The average Bonchev–Trinajstić information content (AvgIpc) is 3.20. The number of pyridine rings is 1. The molecule has 1 aliphatic heterocycles. The lowest BCUT2D eigenvalue weighted by Crippen LogP contribution is -2.37. The first kappa shape index (κ1) is 23.4. The summed E-state index contributed by atoms with van der Waals surface area (Å²) in [4.78, 5) is 7.19. The Morgan fingerprint density at radius 1 is 1.06 bits per heavy atom. The minimum absolute atomic E-state index is 0. The molecule has 8 nitrogen and oxygen atoms in total. The molecular formula is C22H30IN7O. The average molecular weight is 535 g/mol. The number of ether oxygens (including phenoxy) is 1. The molecule has 0 spiro atoms. The number of fused-ring (bicyclic) bond motifs is 1. The highest BCUT2D eigenvalue weighted by Gasteiger charge is 2.11. The smallest absolute Gasteiger partial charge is 0.191 e. The highest BCUT2D eigenvalue weighted by atomic mass is 127. The molecule has 0 aliphatic carbocycles. The summed E-state index contributed by atoms with van der Waals surface area (Å²) in [5.74, 6) is 1.62. The first-order valence-corrected chi connectivity index (χ1v) is 10.5. The molecule has 1 aromatic carbocycles. The highest BCUT2D eigenvalue weighted by molar-refractivity contribution is 14.0. The predicted octanol–water partition coefficient (Wildman–Crippen LogP) is 2.43. The number of aliphatic imine (C=N–C) groups is 1. The summed E-state index contributed by atoms with van der Waals surface area (Å²) < 4.78 is 7.42. The van der Waals surface area contributed by atoms with Crippen LogP contribution < -0.4 is 10.6 Å². The van der Waals surface area contributed by atoms with E-state index in [9.17, 15) is 0 Å². The molecule has 0 amide bonds. The third-order valence-corrected chi connectivity index (χ3v) is 5.06. The zero-order chi connectivity index (χ0) is 20.6. The molecule has 31 heavy (non-hydrogen) atoms. The van der Waals surface area contributed by atoms with Crippen LogP contribution in [-0.2, 0) is 24.4 Å². The van der Waals surface area contributed by atoms with Crippen molar-refractivity contribution in [3.8, 4) is 0 Å². The Morgan fingerprint density at radius 3 is 2.74 bits per heavy atom. The second-order valence-corrected chi connectivity index (χ2v) is 7.30. The van der Waals surface area contributed by atoms with Crippen LogP contribution in [0.1, 0.15) is 23.9 Å². The van der Waals surface area contributed by atoms with Crippen molar-refractivity contribution in [2.45, 2.75) is 26.6 Å². The summed E-state index contributed by atoms with van der Waals surface area (Å²) in [7, 11) is 0. The Morgan fingerprint density at radius 2 is 1.90 bits per heavy atom. The van der Waals surface area contributed by atoms with Crippen LogP contribution in [0.5, 0.6) is 0 Å². The van der Waals surface area contributed by atoms with Crippen molar-refractivity contribution in [3.63, 3.8) is 0 Å². The number of aromatic nitrogens is 3. The number of guanidine groups is 1. The molecule has 0 saturated carbocycles. The maximum absolute atomic E-state index is 5.44. The summed E-state index contributed by atoms with van der Waals surface area (Å²) in [5.41, 5.74) is 3.36. The highest BCUT2D eigenvalue weighted by Crippen LogP contribution is 2.11. The van der Waals surface area contributed by atoms with Crippen LogP contribution in [0.4, 0.5) is 0 Å². The van der Waals surface area contributed by atoms with E-state index in [-0.39, 0.29) is 24.0 Å². The molecule has 1 fully saturated rings. The van der Waals surface area contributed by atoms with E-state index < -0.39 is 0 Å². The Bertz CT molecular complexity index is 985. The monoisotopic (exact) mass is 535 g/mol. The number of hydrogen-bond donors (Lipinski definition) is 2. The molecule has 1 saturated heterocycles. The fraction of sp³-hybridized carbons (Fsp3) is 0.409. The molecule has 2 aromatic heterocycles. The van der Waals surface area contributed by atoms with Gasteiger partial charge in [0.2, 0.25) is 0 Å². The number of hydrogen-bond acceptors (Lipinski definition) is 5. The van der Waals surface area contributed by atoms with Crippen molar-refractivity contribution in [1.29, 1.82) is 0 Å². The van der Waals surface area contributed by atoms with Gasteiger partial charge in [0.05, 0.1) is 26.3 Å². The van der Waals surface area contributed by atoms with Crippen molar-refractivity contribution in [3.05, 3.63) is 65.6 Å². The van der Waals surface area contributed by atoms with Gasteiger partial charge in [0.25, 0.3) is 0 Å². The standard InChI is InChI=1S/C22H29N7O.HI/c1-2-23-22(25-16-21-27-26-20-8-3-4-9-29(20)21)24-15-18-6-5-7-19(14-18)17-28-10-12-30-13-11-28;/h3-9,14H,2,10-13,15-17H2,1H3,(H2,23,24,25);1H. The van der Waals surface area contributed by atoms with E-state index in [0.717, 1.165) is 56.8 Å². The summed E-state index contributed by atoms with van der Waals surface area (Å²) >= 11 is 0. The van der Waals surface area contributed by atoms with Crippen LogP contribution in [-0.4, -0.2) is 58.3 Å². The zero-order valence-electron chi connectivity index (χ0n) is 17.8. The molecule has 0 atom stereocenters.